The molecule has 0 unspecified atom stereocenters. The smallest absolute Gasteiger partial charge is 0.371 e. The van der Waals surface area contributed by atoms with Crippen LogP contribution in [0.3, 0.4) is 0 Å². The van der Waals surface area contributed by atoms with Crippen LogP contribution in [-0.4, -0.2) is 39.0 Å². The molecule has 1 amide bonds. The van der Waals surface area contributed by atoms with Crippen molar-refractivity contribution >= 4 is 21.9 Å². The first kappa shape index (κ1) is 17.2. The van der Waals surface area contributed by atoms with E-state index >= 15 is 0 Å². The SMILES string of the molecule is CNC(=O)C(C)(C)CNS(=O)(=O)c1cc(C(=O)O)oc1C. The summed E-state index contributed by atoms with van der Waals surface area (Å²) in [7, 11) is -2.51. The number of carboxylic acids is 1. The van der Waals surface area contributed by atoms with Crippen molar-refractivity contribution in [2.24, 2.45) is 5.41 Å². The summed E-state index contributed by atoms with van der Waals surface area (Å²) in [5, 5.41) is 11.2. The maximum Gasteiger partial charge on any atom is 0.371 e. The second-order valence-corrected chi connectivity index (χ2v) is 6.86. The monoisotopic (exact) mass is 318 g/mol. The molecular formula is C12H18N2O6S. The molecule has 0 aliphatic heterocycles. The van der Waals surface area contributed by atoms with Gasteiger partial charge >= 0.3 is 5.97 Å². The van der Waals surface area contributed by atoms with E-state index in [4.69, 9.17) is 9.52 Å². The number of aryl methyl sites for hydroxylation is 1. The number of hydrogen-bond donors (Lipinski definition) is 3. The van der Waals surface area contributed by atoms with Crippen LogP contribution in [0.1, 0.15) is 30.2 Å². The summed E-state index contributed by atoms with van der Waals surface area (Å²) in [6, 6.07) is 0.937. The zero-order chi connectivity index (χ0) is 16.4. The van der Waals surface area contributed by atoms with Crippen LogP contribution in [-0.2, 0) is 14.8 Å². The largest absolute Gasteiger partial charge is 0.475 e. The van der Waals surface area contributed by atoms with Gasteiger partial charge in [-0.15, -0.1) is 0 Å². The van der Waals surface area contributed by atoms with E-state index in [1.807, 2.05) is 0 Å². The first-order valence-corrected chi connectivity index (χ1v) is 7.55. The minimum absolute atomic E-state index is 0.0300. The number of carboxylic acid groups (broad SMARTS) is 1. The summed E-state index contributed by atoms with van der Waals surface area (Å²) in [5.74, 6) is -2.17. The highest BCUT2D eigenvalue weighted by atomic mass is 32.2. The lowest BCUT2D eigenvalue weighted by Crippen LogP contribution is -2.43. The number of aromatic carboxylic acids is 1. The quantitative estimate of drug-likeness (QED) is 0.694. The van der Waals surface area contributed by atoms with E-state index < -0.39 is 27.2 Å². The van der Waals surface area contributed by atoms with Gasteiger partial charge in [0.05, 0.1) is 5.41 Å². The summed E-state index contributed by atoms with van der Waals surface area (Å²) in [4.78, 5) is 22.1. The fourth-order valence-corrected chi connectivity index (χ4v) is 3.00. The Hall–Kier alpha value is -1.87. The summed E-state index contributed by atoms with van der Waals surface area (Å²) in [6.45, 7) is 4.38. The molecule has 1 rings (SSSR count). The average molecular weight is 318 g/mol. The Kier molecular flexibility index (Phi) is 4.79. The molecule has 0 saturated heterocycles. The number of carbonyl (C=O) groups is 2. The molecule has 0 atom stereocenters. The fourth-order valence-electron chi connectivity index (χ4n) is 1.61. The lowest BCUT2D eigenvalue weighted by molar-refractivity contribution is -0.128. The van der Waals surface area contributed by atoms with Gasteiger partial charge in [0.15, 0.2) is 0 Å². The standard InChI is InChI=1S/C12H18N2O6S/c1-7-9(5-8(20-7)10(15)16)21(18,19)14-6-12(2,3)11(17)13-4/h5,14H,6H2,1-4H3,(H,13,17)(H,15,16). The molecule has 0 spiro atoms. The van der Waals surface area contributed by atoms with Crippen LogP contribution in [0.15, 0.2) is 15.4 Å². The molecule has 1 aromatic rings. The Morgan fingerprint density at radius 2 is 1.95 bits per heavy atom. The van der Waals surface area contributed by atoms with Crippen LogP contribution < -0.4 is 10.0 Å². The van der Waals surface area contributed by atoms with E-state index in [2.05, 4.69) is 10.0 Å². The number of nitrogens with one attached hydrogen (secondary N) is 2. The highest BCUT2D eigenvalue weighted by Crippen LogP contribution is 2.21. The van der Waals surface area contributed by atoms with Crippen molar-refractivity contribution < 1.29 is 27.5 Å². The van der Waals surface area contributed by atoms with Gasteiger partial charge in [0.25, 0.3) is 0 Å². The van der Waals surface area contributed by atoms with Crippen molar-refractivity contribution in [1.29, 1.82) is 0 Å². The summed E-state index contributed by atoms with van der Waals surface area (Å²) in [5.41, 5.74) is -0.949. The Morgan fingerprint density at radius 1 is 1.38 bits per heavy atom. The maximum absolute atomic E-state index is 12.2. The lowest BCUT2D eigenvalue weighted by atomic mass is 9.93. The second-order valence-electron chi connectivity index (χ2n) is 5.12. The van der Waals surface area contributed by atoms with Crippen molar-refractivity contribution in [1.82, 2.24) is 10.0 Å². The van der Waals surface area contributed by atoms with Gasteiger partial charge in [-0.2, -0.15) is 0 Å². The minimum Gasteiger partial charge on any atom is -0.475 e. The molecule has 0 bridgehead atoms. The third-order valence-electron chi connectivity index (χ3n) is 2.92. The number of sulfonamides is 1. The Labute approximate surface area is 122 Å². The molecule has 1 heterocycles. The lowest BCUT2D eigenvalue weighted by Gasteiger charge is -2.22. The van der Waals surface area contributed by atoms with E-state index in [0.717, 1.165) is 6.07 Å². The van der Waals surface area contributed by atoms with Crippen molar-refractivity contribution in [3.8, 4) is 0 Å². The van der Waals surface area contributed by atoms with Gasteiger partial charge in [-0.25, -0.2) is 17.9 Å². The summed E-state index contributed by atoms with van der Waals surface area (Å²) >= 11 is 0. The van der Waals surface area contributed by atoms with Crippen LogP contribution >= 0.6 is 0 Å². The molecule has 0 aliphatic rings. The van der Waals surface area contributed by atoms with E-state index in [1.54, 1.807) is 13.8 Å². The van der Waals surface area contributed by atoms with Crippen molar-refractivity contribution in [3.05, 3.63) is 17.6 Å². The van der Waals surface area contributed by atoms with Crippen LogP contribution in [0, 0.1) is 12.3 Å². The highest BCUT2D eigenvalue weighted by molar-refractivity contribution is 7.89. The molecule has 0 aromatic carbocycles. The Balaban J connectivity index is 2.98. The van der Waals surface area contributed by atoms with Crippen molar-refractivity contribution in [3.63, 3.8) is 0 Å². The van der Waals surface area contributed by atoms with Crippen molar-refractivity contribution in [2.45, 2.75) is 25.7 Å². The molecule has 118 valence electrons. The molecule has 0 aliphatic carbocycles. The first-order valence-electron chi connectivity index (χ1n) is 6.07. The molecule has 8 nitrogen and oxygen atoms in total. The first-order chi connectivity index (χ1) is 9.51. The fraction of sp³-hybridized carbons (Fsp3) is 0.500. The Morgan fingerprint density at radius 3 is 2.38 bits per heavy atom. The van der Waals surface area contributed by atoms with E-state index in [9.17, 15) is 18.0 Å². The summed E-state index contributed by atoms with van der Waals surface area (Å²) in [6.07, 6.45) is 0. The van der Waals surface area contributed by atoms with Crippen LogP contribution in [0.25, 0.3) is 0 Å². The van der Waals surface area contributed by atoms with Crippen molar-refractivity contribution in [2.75, 3.05) is 13.6 Å². The molecule has 3 N–H and O–H groups in total. The molecule has 9 heteroatoms. The van der Waals surface area contributed by atoms with E-state index in [-0.39, 0.29) is 23.1 Å². The van der Waals surface area contributed by atoms with Gasteiger partial charge in [-0.05, 0) is 20.8 Å². The molecule has 21 heavy (non-hydrogen) atoms. The average Bonchev–Trinajstić information content (AvgIpc) is 2.79. The topological polar surface area (TPSA) is 126 Å². The van der Waals surface area contributed by atoms with Crippen LogP contribution in [0.5, 0.6) is 0 Å². The van der Waals surface area contributed by atoms with Gasteiger partial charge in [0.2, 0.25) is 21.7 Å². The number of amides is 1. The van der Waals surface area contributed by atoms with E-state index in [0.29, 0.717) is 0 Å². The third-order valence-corrected chi connectivity index (χ3v) is 4.43. The summed E-state index contributed by atoms with van der Waals surface area (Å²) < 4.78 is 31.4. The normalized spacial score (nSPS) is 12.2. The Bertz CT molecular complexity index is 659. The molecule has 1 aromatic heterocycles. The van der Waals surface area contributed by atoms with Gasteiger partial charge in [-0.3, -0.25) is 4.79 Å². The molecular weight excluding hydrogens is 300 g/mol. The number of hydrogen-bond acceptors (Lipinski definition) is 5. The third kappa shape index (κ3) is 3.82. The van der Waals surface area contributed by atoms with Crippen LogP contribution in [0.4, 0.5) is 0 Å². The predicted octanol–water partition coefficient (Wildman–Crippen LogP) is 0.337. The molecule has 0 radical (unpaired) electrons. The number of rotatable bonds is 6. The van der Waals surface area contributed by atoms with Crippen LogP contribution in [0.2, 0.25) is 0 Å². The zero-order valence-corrected chi connectivity index (χ0v) is 13.0. The predicted molar refractivity (Wildman–Crippen MR) is 73.4 cm³/mol. The molecule has 0 saturated carbocycles. The van der Waals surface area contributed by atoms with Gasteiger partial charge in [0.1, 0.15) is 10.7 Å². The maximum atomic E-state index is 12.2. The van der Waals surface area contributed by atoms with E-state index in [1.165, 1.54) is 14.0 Å². The molecule has 0 fully saturated rings. The second kappa shape index (κ2) is 5.86. The number of carbonyl (C=O) groups excluding carboxylic acids is 1. The minimum atomic E-state index is -3.97. The van der Waals surface area contributed by atoms with Gasteiger partial charge < -0.3 is 14.8 Å². The number of furan rings is 1. The zero-order valence-electron chi connectivity index (χ0n) is 12.2. The van der Waals surface area contributed by atoms with Gasteiger partial charge in [-0.1, -0.05) is 0 Å². The van der Waals surface area contributed by atoms with Gasteiger partial charge in [0, 0.05) is 19.7 Å². The highest BCUT2D eigenvalue weighted by Gasteiger charge is 2.30.